The van der Waals surface area contributed by atoms with E-state index in [9.17, 15) is 4.79 Å². The Hall–Kier alpha value is -3.81. The third-order valence-corrected chi connectivity index (χ3v) is 4.00. The number of aromatic nitrogens is 3. The van der Waals surface area contributed by atoms with Crippen molar-refractivity contribution in [1.29, 1.82) is 5.41 Å². The zero-order chi connectivity index (χ0) is 21.6. The summed E-state index contributed by atoms with van der Waals surface area (Å²) in [5.74, 6) is 0.367. The van der Waals surface area contributed by atoms with Gasteiger partial charge in [0.2, 0.25) is 18.2 Å². The first-order valence-electron chi connectivity index (χ1n) is 9.65. The predicted octanol–water partition coefficient (Wildman–Crippen LogP) is 3.42. The summed E-state index contributed by atoms with van der Waals surface area (Å²) in [6, 6.07) is 1.74. The number of hydrogen-bond donors (Lipinski definition) is 3. The number of rotatable bonds is 11. The molecule has 1 amide bonds. The molecule has 0 bridgehead atoms. The second kappa shape index (κ2) is 12.6. The number of nitrogens with zero attached hydrogens (tertiary/aromatic N) is 3. The second-order valence-corrected chi connectivity index (χ2v) is 6.27. The number of nitrogens with two attached hydrogens (primary N) is 1. The molecule has 0 saturated heterocycles. The van der Waals surface area contributed by atoms with Crippen LogP contribution in [0.25, 0.3) is 11.8 Å². The van der Waals surface area contributed by atoms with E-state index in [1.165, 1.54) is 18.5 Å². The number of unbranched alkanes of at least 4 members (excludes halogenated alkanes) is 1. The minimum Gasteiger partial charge on any atom is -0.428 e. The number of pyridine rings is 1. The minimum atomic E-state index is -0.255. The summed E-state index contributed by atoms with van der Waals surface area (Å²) in [5.41, 5.74) is 8.53. The molecule has 2 aromatic heterocycles. The molecule has 30 heavy (non-hydrogen) atoms. The fraction of sp³-hybridized carbons (Fsp3) is 0.227. The van der Waals surface area contributed by atoms with Crippen molar-refractivity contribution in [2.24, 2.45) is 5.73 Å². The van der Waals surface area contributed by atoms with Crippen LogP contribution in [0.5, 0.6) is 0 Å². The Morgan fingerprint density at radius 2 is 2.23 bits per heavy atom. The van der Waals surface area contributed by atoms with E-state index in [2.05, 4.69) is 20.5 Å². The topological polar surface area (TPSA) is 131 Å². The van der Waals surface area contributed by atoms with E-state index in [0.29, 0.717) is 22.7 Å². The lowest BCUT2D eigenvalue weighted by atomic mass is 10.1. The van der Waals surface area contributed by atoms with Crippen molar-refractivity contribution in [1.82, 2.24) is 20.5 Å². The normalized spacial score (nSPS) is 12.6. The van der Waals surface area contributed by atoms with E-state index in [1.54, 1.807) is 24.5 Å². The molecule has 0 aliphatic rings. The van der Waals surface area contributed by atoms with Crippen molar-refractivity contribution in [3.63, 3.8) is 0 Å². The van der Waals surface area contributed by atoms with Crippen LogP contribution in [-0.4, -0.2) is 27.3 Å². The van der Waals surface area contributed by atoms with Gasteiger partial charge in [0.1, 0.15) is 0 Å². The molecule has 2 heterocycles. The molecule has 0 aromatic carbocycles. The van der Waals surface area contributed by atoms with Crippen molar-refractivity contribution < 1.29 is 9.21 Å². The second-order valence-electron chi connectivity index (χ2n) is 6.27. The van der Waals surface area contributed by atoms with Gasteiger partial charge in [-0.2, -0.15) is 0 Å². The van der Waals surface area contributed by atoms with E-state index in [-0.39, 0.29) is 5.91 Å². The van der Waals surface area contributed by atoms with Gasteiger partial charge in [-0.1, -0.05) is 19.1 Å². The summed E-state index contributed by atoms with van der Waals surface area (Å²) in [6.45, 7) is 2.01. The van der Waals surface area contributed by atoms with Crippen LogP contribution in [0.15, 0.2) is 65.3 Å². The average Bonchev–Trinajstić information content (AvgIpc) is 3.26. The largest absolute Gasteiger partial charge is 0.428 e. The van der Waals surface area contributed by atoms with E-state index in [0.717, 1.165) is 37.6 Å². The Morgan fingerprint density at radius 3 is 2.97 bits per heavy atom. The van der Waals surface area contributed by atoms with Gasteiger partial charge in [0.05, 0.1) is 0 Å². The van der Waals surface area contributed by atoms with Crippen LogP contribution in [0.4, 0.5) is 0 Å². The van der Waals surface area contributed by atoms with E-state index >= 15 is 0 Å². The van der Waals surface area contributed by atoms with Crippen LogP contribution in [0.3, 0.4) is 0 Å². The monoisotopic (exact) mass is 406 g/mol. The van der Waals surface area contributed by atoms with Crippen molar-refractivity contribution in [3.05, 3.63) is 77.9 Å². The highest BCUT2D eigenvalue weighted by molar-refractivity contribution is 5.94. The maximum atomic E-state index is 12.4. The number of carbonyl (C=O) groups is 1. The summed E-state index contributed by atoms with van der Waals surface area (Å²) >= 11 is 0. The highest BCUT2D eigenvalue weighted by Gasteiger charge is 2.04. The number of hydrogen-bond acceptors (Lipinski definition) is 7. The minimum absolute atomic E-state index is 0.255. The summed E-state index contributed by atoms with van der Waals surface area (Å²) in [4.78, 5) is 16.4. The maximum Gasteiger partial charge on any atom is 0.248 e. The highest BCUT2D eigenvalue weighted by atomic mass is 16.4. The number of aryl methyl sites for hydroxylation is 1. The Bertz CT molecular complexity index is 942. The lowest BCUT2D eigenvalue weighted by molar-refractivity contribution is -0.115. The van der Waals surface area contributed by atoms with Gasteiger partial charge >= 0.3 is 0 Å². The molecule has 0 fully saturated rings. The summed E-state index contributed by atoms with van der Waals surface area (Å²) in [6.07, 6.45) is 19.3. The van der Waals surface area contributed by atoms with Gasteiger partial charge in [-0.15, -0.1) is 10.2 Å². The van der Waals surface area contributed by atoms with E-state index < -0.39 is 0 Å². The van der Waals surface area contributed by atoms with Gasteiger partial charge < -0.3 is 20.9 Å². The average molecular weight is 406 g/mol. The summed E-state index contributed by atoms with van der Waals surface area (Å²) in [7, 11) is 0. The van der Waals surface area contributed by atoms with Gasteiger partial charge in [-0.05, 0) is 43.6 Å². The molecule has 0 atom stereocenters. The summed E-state index contributed by atoms with van der Waals surface area (Å²) in [5, 5.41) is 17.5. The van der Waals surface area contributed by atoms with Crippen molar-refractivity contribution in [2.75, 3.05) is 0 Å². The smallest absolute Gasteiger partial charge is 0.248 e. The summed E-state index contributed by atoms with van der Waals surface area (Å²) < 4.78 is 5.10. The zero-order valence-electron chi connectivity index (χ0n) is 16.9. The Balaban J connectivity index is 1.94. The van der Waals surface area contributed by atoms with Crippen LogP contribution in [0, 0.1) is 5.41 Å². The van der Waals surface area contributed by atoms with Crippen molar-refractivity contribution >= 4 is 23.9 Å². The Kier molecular flexibility index (Phi) is 9.45. The molecular formula is C22H26N6O2. The van der Waals surface area contributed by atoms with Crippen LogP contribution < -0.4 is 11.1 Å². The third-order valence-electron chi connectivity index (χ3n) is 4.00. The molecule has 8 nitrogen and oxygen atoms in total. The Labute approximate surface area is 175 Å². The van der Waals surface area contributed by atoms with Crippen molar-refractivity contribution in [2.45, 2.75) is 32.6 Å². The number of amides is 1. The van der Waals surface area contributed by atoms with Crippen LogP contribution in [0.1, 0.15) is 43.2 Å². The molecule has 0 unspecified atom stereocenters. The first-order valence-corrected chi connectivity index (χ1v) is 9.65. The lowest BCUT2D eigenvalue weighted by Gasteiger charge is -2.06. The van der Waals surface area contributed by atoms with Gasteiger partial charge in [-0.3, -0.25) is 9.78 Å². The molecule has 2 aromatic rings. The van der Waals surface area contributed by atoms with Crippen LogP contribution in [-0.2, 0) is 11.2 Å². The number of allylic oxidation sites excluding steroid dienone is 4. The highest BCUT2D eigenvalue weighted by Crippen LogP contribution is 2.15. The fourth-order valence-electron chi connectivity index (χ4n) is 2.60. The zero-order valence-corrected chi connectivity index (χ0v) is 16.9. The number of nitrogens with one attached hydrogen (secondary N) is 2. The fourth-order valence-corrected chi connectivity index (χ4v) is 2.60. The maximum absolute atomic E-state index is 12.4. The van der Waals surface area contributed by atoms with E-state index in [4.69, 9.17) is 15.6 Å². The standard InChI is InChI=1S/C22H26N6O2/c1-2-6-18(7-4-3-5-8-22-28-26-16-30-22)27-21(29)10-9-17-15-25-14-12-19(17)20(24)11-13-23/h4,6-7,9-16,23H,2-3,5,8,24H2,1H3,(H,27,29)/b7-4-,10-9+,18-6+,20-11?,23-13?. The number of carbonyl (C=O) groups excluding carboxylic acids is 1. The van der Waals surface area contributed by atoms with Crippen LogP contribution >= 0.6 is 0 Å². The van der Waals surface area contributed by atoms with E-state index in [1.807, 2.05) is 25.2 Å². The molecule has 0 aliphatic carbocycles. The third kappa shape index (κ3) is 7.67. The molecule has 2 rings (SSSR count). The van der Waals surface area contributed by atoms with Gasteiger partial charge in [0.15, 0.2) is 0 Å². The molecule has 8 heteroatoms. The lowest BCUT2D eigenvalue weighted by Crippen LogP contribution is -2.19. The quantitative estimate of drug-likeness (QED) is 0.227. The molecule has 4 N–H and O–H groups in total. The van der Waals surface area contributed by atoms with Crippen molar-refractivity contribution in [3.8, 4) is 0 Å². The van der Waals surface area contributed by atoms with Crippen LogP contribution in [0.2, 0.25) is 0 Å². The SMILES string of the molecule is CC/C=C(\C=C/CCCc1nnco1)NC(=O)/C=C/c1cnccc1C(N)=CC=N. The molecule has 0 radical (unpaired) electrons. The van der Waals surface area contributed by atoms with Gasteiger partial charge in [0, 0.05) is 53.6 Å². The van der Waals surface area contributed by atoms with Gasteiger partial charge in [-0.25, -0.2) is 0 Å². The molecule has 0 aliphatic heterocycles. The molecule has 156 valence electrons. The molecular weight excluding hydrogens is 380 g/mol. The first kappa shape index (κ1) is 22.5. The molecule has 0 spiro atoms. The van der Waals surface area contributed by atoms with Gasteiger partial charge in [0.25, 0.3) is 0 Å². The first-order chi connectivity index (χ1) is 14.6. The predicted molar refractivity (Wildman–Crippen MR) is 117 cm³/mol. The molecule has 0 saturated carbocycles. The Morgan fingerprint density at radius 1 is 1.37 bits per heavy atom.